The van der Waals surface area contributed by atoms with Crippen molar-refractivity contribution in [2.45, 2.75) is 33.2 Å². The first-order valence-electron chi connectivity index (χ1n) is 7.54. The lowest BCUT2D eigenvalue weighted by Gasteiger charge is -2.32. The standard InChI is InChI=1S/C16H23N3O2/c1-12(2)16(21)19-9-6-13(7-10-19)15(20)18-11-14-5-3-4-8-17-14/h3-5,8,12-13H,6-7,9-11H2,1-2H3,(H,18,20). The molecular formula is C16H23N3O2. The monoisotopic (exact) mass is 289 g/mol. The van der Waals surface area contributed by atoms with Gasteiger partial charge in [-0.3, -0.25) is 14.6 Å². The van der Waals surface area contributed by atoms with E-state index in [4.69, 9.17) is 0 Å². The van der Waals surface area contributed by atoms with Crippen LogP contribution < -0.4 is 5.32 Å². The summed E-state index contributed by atoms with van der Waals surface area (Å²) in [6, 6.07) is 5.65. The number of rotatable bonds is 4. The van der Waals surface area contributed by atoms with Gasteiger partial charge < -0.3 is 10.2 Å². The second-order valence-corrected chi connectivity index (χ2v) is 5.79. The molecule has 0 radical (unpaired) electrons. The Hall–Kier alpha value is -1.91. The highest BCUT2D eigenvalue weighted by atomic mass is 16.2. The van der Waals surface area contributed by atoms with Gasteiger partial charge in [-0.2, -0.15) is 0 Å². The highest BCUT2D eigenvalue weighted by molar-refractivity contribution is 5.80. The van der Waals surface area contributed by atoms with E-state index in [1.807, 2.05) is 36.9 Å². The molecule has 0 unspecified atom stereocenters. The molecule has 1 aromatic heterocycles. The molecule has 0 saturated carbocycles. The first kappa shape index (κ1) is 15.5. The van der Waals surface area contributed by atoms with Crippen LogP contribution in [0.1, 0.15) is 32.4 Å². The molecular weight excluding hydrogens is 266 g/mol. The maximum Gasteiger partial charge on any atom is 0.225 e. The summed E-state index contributed by atoms with van der Waals surface area (Å²) in [6.45, 7) is 5.64. The van der Waals surface area contributed by atoms with Crippen molar-refractivity contribution in [3.8, 4) is 0 Å². The molecule has 2 rings (SSSR count). The van der Waals surface area contributed by atoms with Crippen LogP contribution in [-0.2, 0) is 16.1 Å². The van der Waals surface area contributed by atoms with Crippen molar-refractivity contribution in [1.82, 2.24) is 15.2 Å². The van der Waals surface area contributed by atoms with Crippen molar-refractivity contribution >= 4 is 11.8 Å². The summed E-state index contributed by atoms with van der Waals surface area (Å²) < 4.78 is 0. The zero-order chi connectivity index (χ0) is 15.2. The molecule has 1 fully saturated rings. The number of nitrogens with one attached hydrogen (secondary N) is 1. The second kappa shape index (κ2) is 7.20. The number of carbonyl (C=O) groups excluding carboxylic acids is 2. The van der Waals surface area contributed by atoms with Gasteiger partial charge in [-0.1, -0.05) is 19.9 Å². The predicted molar refractivity (Wildman–Crippen MR) is 80.2 cm³/mol. The molecule has 0 bridgehead atoms. The largest absolute Gasteiger partial charge is 0.350 e. The predicted octanol–water partition coefficient (Wildman–Crippen LogP) is 1.59. The molecule has 2 amide bonds. The van der Waals surface area contributed by atoms with E-state index in [2.05, 4.69) is 10.3 Å². The quantitative estimate of drug-likeness (QED) is 0.915. The van der Waals surface area contributed by atoms with Crippen LogP contribution in [0.4, 0.5) is 0 Å². The molecule has 0 aromatic carbocycles. The van der Waals surface area contributed by atoms with E-state index in [9.17, 15) is 9.59 Å². The fraction of sp³-hybridized carbons (Fsp3) is 0.562. The van der Waals surface area contributed by atoms with Crippen LogP contribution in [0.5, 0.6) is 0 Å². The smallest absolute Gasteiger partial charge is 0.225 e. The lowest BCUT2D eigenvalue weighted by atomic mass is 9.95. The van der Waals surface area contributed by atoms with Crippen molar-refractivity contribution in [2.24, 2.45) is 11.8 Å². The molecule has 114 valence electrons. The van der Waals surface area contributed by atoms with Crippen molar-refractivity contribution < 1.29 is 9.59 Å². The summed E-state index contributed by atoms with van der Waals surface area (Å²) in [6.07, 6.45) is 3.20. The first-order chi connectivity index (χ1) is 10.1. The number of piperidine rings is 1. The SMILES string of the molecule is CC(C)C(=O)N1CCC(C(=O)NCc2ccccn2)CC1. The number of pyridine rings is 1. The number of nitrogens with zero attached hydrogens (tertiary/aromatic N) is 2. The van der Waals surface area contributed by atoms with E-state index in [-0.39, 0.29) is 23.7 Å². The molecule has 1 N–H and O–H groups in total. The Balaban J connectivity index is 1.77. The summed E-state index contributed by atoms with van der Waals surface area (Å²) in [7, 11) is 0. The molecule has 1 saturated heterocycles. The van der Waals surface area contributed by atoms with Crippen molar-refractivity contribution in [1.29, 1.82) is 0 Å². The van der Waals surface area contributed by atoms with Gasteiger partial charge in [0.15, 0.2) is 0 Å². The van der Waals surface area contributed by atoms with Gasteiger partial charge in [0.25, 0.3) is 0 Å². The summed E-state index contributed by atoms with van der Waals surface area (Å²) >= 11 is 0. The van der Waals surface area contributed by atoms with Crippen LogP contribution >= 0.6 is 0 Å². The minimum absolute atomic E-state index is 0.00456. The maximum absolute atomic E-state index is 12.1. The van der Waals surface area contributed by atoms with E-state index in [1.54, 1.807) is 6.20 Å². The average molecular weight is 289 g/mol. The van der Waals surface area contributed by atoms with Gasteiger partial charge in [-0.15, -0.1) is 0 Å². The van der Waals surface area contributed by atoms with Crippen LogP contribution in [0.25, 0.3) is 0 Å². The summed E-state index contributed by atoms with van der Waals surface area (Å²) in [5.41, 5.74) is 0.860. The Bertz CT molecular complexity index is 480. The van der Waals surface area contributed by atoms with E-state index in [0.29, 0.717) is 19.6 Å². The molecule has 5 heteroatoms. The Kier molecular flexibility index (Phi) is 5.31. The van der Waals surface area contributed by atoms with Crippen molar-refractivity contribution in [3.05, 3.63) is 30.1 Å². The fourth-order valence-corrected chi connectivity index (χ4v) is 2.55. The van der Waals surface area contributed by atoms with Gasteiger partial charge in [-0.05, 0) is 25.0 Å². The third kappa shape index (κ3) is 4.28. The number of hydrogen-bond donors (Lipinski definition) is 1. The summed E-state index contributed by atoms with van der Waals surface area (Å²) in [5, 5.41) is 2.93. The van der Waals surface area contributed by atoms with Gasteiger partial charge in [0.05, 0.1) is 12.2 Å². The van der Waals surface area contributed by atoms with Crippen LogP contribution in [-0.4, -0.2) is 34.8 Å². The van der Waals surface area contributed by atoms with E-state index < -0.39 is 0 Å². The molecule has 1 aromatic rings. The highest BCUT2D eigenvalue weighted by Gasteiger charge is 2.27. The lowest BCUT2D eigenvalue weighted by Crippen LogP contribution is -2.44. The van der Waals surface area contributed by atoms with Crippen LogP contribution in [0.3, 0.4) is 0 Å². The summed E-state index contributed by atoms with van der Waals surface area (Å²) in [4.78, 5) is 30.1. The zero-order valence-electron chi connectivity index (χ0n) is 12.7. The van der Waals surface area contributed by atoms with E-state index in [0.717, 1.165) is 18.5 Å². The average Bonchev–Trinajstić information content (AvgIpc) is 2.53. The Morgan fingerprint density at radius 3 is 2.62 bits per heavy atom. The number of hydrogen-bond acceptors (Lipinski definition) is 3. The highest BCUT2D eigenvalue weighted by Crippen LogP contribution is 2.19. The molecule has 0 aliphatic carbocycles. The minimum atomic E-state index is 0.00456. The number of aromatic nitrogens is 1. The van der Waals surface area contributed by atoms with Crippen LogP contribution in [0.15, 0.2) is 24.4 Å². The van der Waals surface area contributed by atoms with Crippen molar-refractivity contribution in [2.75, 3.05) is 13.1 Å². The third-order valence-electron chi connectivity index (χ3n) is 3.84. The Morgan fingerprint density at radius 2 is 2.05 bits per heavy atom. The lowest BCUT2D eigenvalue weighted by molar-refractivity contribution is -0.138. The molecule has 0 atom stereocenters. The van der Waals surface area contributed by atoms with Crippen LogP contribution in [0.2, 0.25) is 0 Å². The van der Waals surface area contributed by atoms with Gasteiger partial charge in [-0.25, -0.2) is 0 Å². The summed E-state index contributed by atoms with van der Waals surface area (Å²) in [5.74, 6) is 0.282. The zero-order valence-corrected chi connectivity index (χ0v) is 12.7. The topological polar surface area (TPSA) is 62.3 Å². The molecule has 21 heavy (non-hydrogen) atoms. The number of carbonyl (C=O) groups is 2. The van der Waals surface area contributed by atoms with Gasteiger partial charge in [0, 0.05) is 31.1 Å². The molecule has 5 nitrogen and oxygen atoms in total. The van der Waals surface area contributed by atoms with E-state index >= 15 is 0 Å². The number of likely N-dealkylation sites (tertiary alicyclic amines) is 1. The molecule has 1 aliphatic rings. The van der Waals surface area contributed by atoms with Gasteiger partial charge in [0.1, 0.15) is 0 Å². The first-order valence-corrected chi connectivity index (χ1v) is 7.54. The third-order valence-corrected chi connectivity index (χ3v) is 3.84. The molecule has 0 spiro atoms. The second-order valence-electron chi connectivity index (χ2n) is 5.79. The van der Waals surface area contributed by atoms with Gasteiger partial charge in [0.2, 0.25) is 11.8 Å². The Morgan fingerprint density at radius 1 is 1.33 bits per heavy atom. The maximum atomic E-state index is 12.1. The van der Waals surface area contributed by atoms with Crippen LogP contribution in [0, 0.1) is 11.8 Å². The van der Waals surface area contributed by atoms with Gasteiger partial charge >= 0.3 is 0 Å². The molecule has 1 aliphatic heterocycles. The van der Waals surface area contributed by atoms with E-state index in [1.165, 1.54) is 0 Å². The fourth-order valence-electron chi connectivity index (χ4n) is 2.55. The minimum Gasteiger partial charge on any atom is -0.350 e. The Labute approximate surface area is 125 Å². The molecule has 2 heterocycles. The normalized spacial score (nSPS) is 16.0. The number of amides is 2. The van der Waals surface area contributed by atoms with Crippen molar-refractivity contribution in [3.63, 3.8) is 0 Å².